The predicted molar refractivity (Wildman–Crippen MR) is 292 cm³/mol. The quantitative estimate of drug-likeness (QED) is 0.140. The van der Waals surface area contributed by atoms with Crippen molar-refractivity contribution in [2.24, 2.45) is 5.41 Å². The minimum atomic E-state index is 0.199. The number of aryl methyl sites for hydroxylation is 1. The van der Waals surface area contributed by atoms with Crippen molar-refractivity contribution < 1.29 is 0 Å². The largest absolute Gasteiger partial charge is 0.0990 e. The molecule has 0 aliphatic heterocycles. The molecule has 0 spiro atoms. The Bertz CT molecular complexity index is 3850. The molecule has 67 heavy (non-hydrogen) atoms. The van der Waals surface area contributed by atoms with Crippen LogP contribution in [0.25, 0.3) is 113 Å². The van der Waals surface area contributed by atoms with Gasteiger partial charge in [0.05, 0.1) is 0 Å². The normalized spacial score (nSPS) is 14.8. The van der Waals surface area contributed by atoms with E-state index in [1.165, 1.54) is 115 Å². The maximum atomic E-state index is 4.71. The zero-order valence-electron chi connectivity index (χ0n) is 39.0. The summed E-state index contributed by atoms with van der Waals surface area (Å²) in [6.45, 7) is 17.7. The highest BCUT2D eigenvalue weighted by Gasteiger charge is 2.20. The van der Waals surface area contributed by atoms with Crippen LogP contribution >= 0.6 is 0 Å². The Morgan fingerprint density at radius 3 is 1.90 bits per heavy atom. The highest BCUT2D eigenvalue weighted by molar-refractivity contribution is 6.14. The Morgan fingerprint density at radius 1 is 0.552 bits per heavy atom. The van der Waals surface area contributed by atoms with Crippen molar-refractivity contribution in [2.45, 2.75) is 40.5 Å². The third-order valence-electron chi connectivity index (χ3n) is 14.3. The van der Waals surface area contributed by atoms with Gasteiger partial charge in [0.15, 0.2) is 0 Å². The summed E-state index contributed by atoms with van der Waals surface area (Å²) in [6.07, 6.45) is 20.0. The molecule has 0 N–H and O–H groups in total. The Labute approximate surface area is 394 Å². The van der Waals surface area contributed by atoms with E-state index in [2.05, 4.69) is 235 Å². The fourth-order valence-corrected chi connectivity index (χ4v) is 10.6. The van der Waals surface area contributed by atoms with Crippen LogP contribution in [0.1, 0.15) is 49.4 Å². The third kappa shape index (κ3) is 7.63. The van der Waals surface area contributed by atoms with E-state index in [-0.39, 0.29) is 5.41 Å². The average molecular weight is 859 g/mol. The molecule has 0 unspecified atom stereocenters. The molecule has 9 aromatic rings. The summed E-state index contributed by atoms with van der Waals surface area (Å²) in [5, 5.41) is 12.3. The molecule has 2 aliphatic rings. The molecular weight excluding hydrogens is 805 g/mol. The number of benzene rings is 9. The van der Waals surface area contributed by atoms with Crippen molar-refractivity contribution in [1.29, 1.82) is 0 Å². The summed E-state index contributed by atoms with van der Waals surface area (Å²) in [5.41, 5.74) is 17.6. The van der Waals surface area contributed by atoms with Crippen LogP contribution in [0, 0.1) is 12.3 Å². The smallest absolute Gasteiger partial charge is 0.000750 e. The SMILES string of the molecule is C=C/C=c1/ccc(-c2cccc(-c3ccc(-c4cccc(C5=CC=c6ccc7c(C8=CCC(C)(C)C=C8)cc/c(=C/C)c7c6C5)c4)cc3)c2)c2ccc3ccc(-c4ccc(C)cc4)c(=C)c3c12. The second kappa shape index (κ2) is 16.9. The molecule has 11 rings (SSSR count). The van der Waals surface area contributed by atoms with E-state index in [4.69, 9.17) is 6.58 Å². The Hall–Kier alpha value is -7.80. The van der Waals surface area contributed by atoms with Gasteiger partial charge in [-0.2, -0.15) is 0 Å². The summed E-state index contributed by atoms with van der Waals surface area (Å²) < 4.78 is 0. The molecule has 0 atom stereocenters. The Kier molecular flexibility index (Phi) is 10.6. The van der Waals surface area contributed by atoms with Crippen LogP contribution in [0.4, 0.5) is 0 Å². The van der Waals surface area contributed by atoms with Crippen LogP contribution in [0.5, 0.6) is 0 Å². The van der Waals surface area contributed by atoms with Crippen LogP contribution in [-0.2, 0) is 6.42 Å². The molecule has 0 aromatic heterocycles. The first-order valence-electron chi connectivity index (χ1n) is 23.7. The van der Waals surface area contributed by atoms with Gasteiger partial charge in [0.1, 0.15) is 0 Å². The first-order valence-corrected chi connectivity index (χ1v) is 23.7. The molecule has 2 aliphatic carbocycles. The number of hydrogen-bond donors (Lipinski definition) is 0. The molecule has 0 bridgehead atoms. The molecule has 0 heterocycles. The fourth-order valence-electron chi connectivity index (χ4n) is 10.6. The zero-order chi connectivity index (χ0) is 45.8. The van der Waals surface area contributed by atoms with E-state index in [0.717, 1.165) is 28.8 Å². The van der Waals surface area contributed by atoms with Crippen molar-refractivity contribution in [1.82, 2.24) is 0 Å². The van der Waals surface area contributed by atoms with Crippen molar-refractivity contribution in [3.05, 3.63) is 238 Å². The lowest BCUT2D eigenvalue weighted by Gasteiger charge is -2.24. The van der Waals surface area contributed by atoms with Gasteiger partial charge in [-0.25, -0.2) is 0 Å². The summed E-state index contributed by atoms with van der Waals surface area (Å²) in [5.74, 6) is 0. The maximum Gasteiger partial charge on any atom is -0.000750 e. The van der Waals surface area contributed by atoms with Crippen molar-refractivity contribution in [2.75, 3.05) is 0 Å². The highest BCUT2D eigenvalue weighted by atomic mass is 14.2. The number of hydrogen-bond acceptors (Lipinski definition) is 0. The minimum Gasteiger partial charge on any atom is -0.0990 e. The summed E-state index contributed by atoms with van der Waals surface area (Å²) in [6, 6.07) is 58.7. The van der Waals surface area contributed by atoms with Gasteiger partial charge in [0.2, 0.25) is 0 Å². The second-order valence-corrected chi connectivity index (χ2v) is 19.2. The van der Waals surface area contributed by atoms with E-state index < -0.39 is 0 Å². The van der Waals surface area contributed by atoms with Gasteiger partial charge in [0.25, 0.3) is 0 Å². The van der Waals surface area contributed by atoms with Gasteiger partial charge in [-0.15, -0.1) is 0 Å². The van der Waals surface area contributed by atoms with E-state index in [1.54, 1.807) is 0 Å². The fraction of sp³-hybridized carbons (Fsp3) is 0.104. The van der Waals surface area contributed by atoms with Gasteiger partial charge in [-0.3, -0.25) is 0 Å². The summed E-state index contributed by atoms with van der Waals surface area (Å²) in [4.78, 5) is 0. The maximum absolute atomic E-state index is 4.71. The van der Waals surface area contributed by atoms with Gasteiger partial charge in [-0.1, -0.05) is 227 Å². The van der Waals surface area contributed by atoms with E-state index in [9.17, 15) is 0 Å². The van der Waals surface area contributed by atoms with Crippen LogP contribution in [0.3, 0.4) is 0 Å². The van der Waals surface area contributed by atoms with E-state index in [1.807, 2.05) is 6.08 Å². The summed E-state index contributed by atoms with van der Waals surface area (Å²) >= 11 is 0. The molecule has 0 heteroatoms. The molecule has 0 saturated heterocycles. The van der Waals surface area contributed by atoms with Crippen LogP contribution in [0.2, 0.25) is 0 Å². The zero-order valence-corrected chi connectivity index (χ0v) is 39.0. The molecule has 0 amide bonds. The topological polar surface area (TPSA) is 0 Å². The summed E-state index contributed by atoms with van der Waals surface area (Å²) in [7, 11) is 0. The third-order valence-corrected chi connectivity index (χ3v) is 14.3. The average Bonchev–Trinajstić information content (AvgIpc) is 3.36. The van der Waals surface area contributed by atoms with E-state index >= 15 is 0 Å². The number of allylic oxidation sites excluding steroid dienone is 7. The molecule has 0 radical (unpaired) electrons. The van der Waals surface area contributed by atoms with Crippen molar-refractivity contribution in [3.63, 3.8) is 0 Å². The Balaban J connectivity index is 0.907. The predicted octanol–water partition coefficient (Wildman–Crippen LogP) is 15.1. The van der Waals surface area contributed by atoms with Crippen molar-refractivity contribution in [3.8, 4) is 44.5 Å². The van der Waals surface area contributed by atoms with E-state index in [0.29, 0.717) is 0 Å². The lowest BCUT2D eigenvalue weighted by atomic mass is 9.81. The standard InChI is InChI=1S/C67H54/c1-7-11-51-29-33-60(62-35-30-52-28-31-58(44(4)64(52)66(51)62)48-18-16-43(3)17-19-48)57-15-10-13-54(41-57)47-22-20-46(21-23-47)53-12-9-14-55(40-53)56-25-24-49-27-34-61-59(50-36-38-67(5,6)39-37-50)32-26-45(8-2)65(61)63(49)42-56/h7-38,40-41H,1,4,39,42H2,2-3,5-6H3/b45-8-,51-11-. The molecule has 9 aromatic carbocycles. The molecule has 322 valence electrons. The van der Waals surface area contributed by atoms with Crippen LogP contribution in [0.15, 0.2) is 195 Å². The molecular formula is C67H54. The van der Waals surface area contributed by atoms with Crippen LogP contribution in [-0.4, -0.2) is 0 Å². The van der Waals surface area contributed by atoms with Crippen molar-refractivity contribution >= 4 is 68.3 Å². The lowest BCUT2D eigenvalue weighted by Crippen LogP contribution is -2.18. The van der Waals surface area contributed by atoms with Gasteiger partial charge < -0.3 is 0 Å². The second-order valence-electron chi connectivity index (χ2n) is 19.2. The molecule has 0 nitrogen and oxygen atoms in total. The Morgan fingerprint density at radius 2 is 1.18 bits per heavy atom. The molecule has 0 saturated carbocycles. The van der Waals surface area contributed by atoms with Gasteiger partial charge >= 0.3 is 0 Å². The number of rotatable bonds is 7. The number of fused-ring (bicyclic) bond motifs is 6. The molecule has 0 fully saturated rings. The van der Waals surface area contributed by atoms with Gasteiger partial charge in [-0.05, 0) is 170 Å². The first-order chi connectivity index (χ1) is 32.7. The first kappa shape index (κ1) is 41.9. The van der Waals surface area contributed by atoms with Gasteiger partial charge in [0, 0.05) is 0 Å². The highest BCUT2D eigenvalue weighted by Crippen LogP contribution is 2.37. The van der Waals surface area contributed by atoms with Crippen LogP contribution < -0.4 is 20.9 Å². The minimum absolute atomic E-state index is 0.199. The lowest BCUT2D eigenvalue weighted by molar-refractivity contribution is 0.486. The monoisotopic (exact) mass is 858 g/mol.